The lowest BCUT2D eigenvalue weighted by atomic mass is 9.86. The van der Waals surface area contributed by atoms with E-state index < -0.39 is 28.8 Å². The van der Waals surface area contributed by atoms with E-state index in [2.05, 4.69) is 20.8 Å². The number of amides is 2. The Balaban J connectivity index is 1.59. The standard InChI is InChI=1S/C20H23F3N4O2S/c1-12(13-7-3-2-4-8-13)26-27-19-25-18(29)16(30-19)11-17(28)24-15-10-6-5-9-14(15)20(21,22)23/h5-6,9-10,13,16H,2-4,7-8,11H2,1H3,(H,24,28)(H,25,27,29)/b26-12-/t16-/m1/s1. The molecule has 162 valence electrons. The van der Waals surface area contributed by atoms with Crippen LogP contribution in [0, 0.1) is 5.92 Å². The molecule has 2 amide bonds. The maximum atomic E-state index is 13.1. The highest BCUT2D eigenvalue weighted by Crippen LogP contribution is 2.35. The molecule has 0 bridgehead atoms. The second kappa shape index (κ2) is 9.63. The van der Waals surface area contributed by atoms with Crippen LogP contribution < -0.4 is 10.6 Å². The number of para-hydroxylation sites is 1. The molecule has 1 aromatic carbocycles. The van der Waals surface area contributed by atoms with Crippen molar-refractivity contribution in [2.24, 2.45) is 16.1 Å². The van der Waals surface area contributed by atoms with Crippen LogP contribution in [-0.2, 0) is 15.8 Å². The fourth-order valence-corrected chi connectivity index (χ4v) is 4.44. The fourth-order valence-electron chi connectivity index (χ4n) is 3.52. The van der Waals surface area contributed by atoms with Gasteiger partial charge in [-0.15, -0.1) is 5.10 Å². The second-order valence-corrected chi connectivity index (χ2v) is 8.56. The largest absolute Gasteiger partial charge is 0.418 e. The van der Waals surface area contributed by atoms with E-state index in [0.717, 1.165) is 36.4 Å². The summed E-state index contributed by atoms with van der Waals surface area (Å²) in [5.41, 5.74) is -0.348. The first kappa shape index (κ1) is 22.3. The number of nitrogens with one attached hydrogen (secondary N) is 2. The van der Waals surface area contributed by atoms with Gasteiger partial charge >= 0.3 is 6.18 Å². The summed E-state index contributed by atoms with van der Waals surface area (Å²) >= 11 is 1.06. The Labute approximate surface area is 176 Å². The van der Waals surface area contributed by atoms with Crippen molar-refractivity contribution in [1.29, 1.82) is 0 Å². The Morgan fingerprint density at radius 3 is 2.63 bits per heavy atom. The second-order valence-electron chi connectivity index (χ2n) is 7.37. The molecule has 1 saturated heterocycles. The third-order valence-electron chi connectivity index (χ3n) is 5.15. The number of carbonyl (C=O) groups excluding carboxylic acids is 2. The number of rotatable bonds is 5. The van der Waals surface area contributed by atoms with E-state index in [9.17, 15) is 22.8 Å². The summed E-state index contributed by atoms with van der Waals surface area (Å²) < 4.78 is 39.2. The summed E-state index contributed by atoms with van der Waals surface area (Å²) in [5.74, 6) is -0.688. The van der Waals surface area contributed by atoms with Crippen LogP contribution in [-0.4, -0.2) is 27.9 Å². The van der Waals surface area contributed by atoms with Gasteiger partial charge in [0, 0.05) is 12.1 Å². The molecular weight excluding hydrogens is 417 g/mol. The number of hydrogen-bond donors (Lipinski definition) is 2. The Morgan fingerprint density at radius 1 is 1.23 bits per heavy atom. The van der Waals surface area contributed by atoms with Crippen molar-refractivity contribution in [2.45, 2.75) is 56.9 Å². The molecule has 1 saturated carbocycles. The predicted octanol–water partition coefficient (Wildman–Crippen LogP) is 4.58. The first-order chi connectivity index (χ1) is 14.2. The van der Waals surface area contributed by atoms with E-state index in [4.69, 9.17) is 0 Å². The number of halogens is 3. The Morgan fingerprint density at radius 2 is 1.93 bits per heavy atom. The molecule has 1 aliphatic carbocycles. The molecule has 3 rings (SSSR count). The minimum Gasteiger partial charge on any atom is -0.325 e. The molecule has 2 fully saturated rings. The molecule has 0 unspecified atom stereocenters. The van der Waals surface area contributed by atoms with E-state index in [-0.39, 0.29) is 12.1 Å². The van der Waals surface area contributed by atoms with E-state index in [0.29, 0.717) is 11.1 Å². The molecule has 1 aliphatic heterocycles. The molecule has 0 radical (unpaired) electrons. The fraction of sp³-hybridized carbons (Fsp3) is 0.500. The van der Waals surface area contributed by atoms with Gasteiger partial charge in [0.15, 0.2) is 5.17 Å². The van der Waals surface area contributed by atoms with Gasteiger partial charge < -0.3 is 10.6 Å². The number of amidine groups is 1. The van der Waals surface area contributed by atoms with E-state index in [1.807, 2.05) is 6.92 Å². The van der Waals surface area contributed by atoms with Gasteiger partial charge in [0.25, 0.3) is 0 Å². The maximum absolute atomic E-state index is 13.1. The number of anilines is 1. The smallest absolute Gasteiger partial charge is 0.325 e. The van der Waals surface area contributed by atoms with Crippen molar-refractivity contribution >= 4 is 40.1 Å². The van der Waals surface area contributed by atoms with Gasteiger partial charge in [-0.3, -0.25) is 9.59 Å². The van der Waals surface area contributed by atoms with Gasteiger partial charge in [-0.25, -0.2) is 0 Å². The van der Waals surface area contributed by atoms with E-state index in [1.165, 1.54) is 37.5 Å². The maximum Gasteiger partial charge on any atom is 0.418 e. The topological polar surface area (TPSA) is 82.9 Å². The van der Waals surface area contributed by atoms with Gasteiger partial charge in [-0.2, -0.15) is 18.3 Å². The predicted molar refractivity (Wildman–Crippen MR) is 111 cm³/mol. The van der Waals surface area contributed by atoms with E-state index in [1.54, 1.807) is 0 Å². The number of hydrogen-bond acceptors (Lipinski definition) is 5. The van der Waals surface area contributed by atoms with Crippen LogP contribution in [0.2, 0.25) is 0 Å². The molecule has 6 nitrogen and oxygen atoms in total. The van der Waals surface area contributed by atoms with Gasteiger partial charge in [-0.05, 0) is 37.8 Å². The average Bonchev–Trinajstić information content (AvgIpc) is 3.05. The number of alkyl halides is 3. The first-order valence-corrected chi connectivity index (χ1v) is 10.7. The molecule has 2 aliphatic rings. The van der Waals surface area contributed by atoms with E-state index >= 15 is 0 Å². The monoisotopic (exact) mass is 440 g/mol. The molecule has 30 heavy (non-hydrogen) atoms. The summed E-state index contributed by atoms with van der Waals surface area (Å²) in [7, 11) is 0. The van der Waals surface area contributed by atoms with Crippen molar-refractivity contribution in [3.05, 3.63) is 29.8 Å². The SMILES string of the molecule is C/C(=N/N=C1\NC(=O)[C@@H](CC(=O)Nc2ccccc2C(F)(F)F)S1)C1CCCCC1. The summed E-state index contributed by atoms with van der Waals surface area (Å²) in [6.45, 7) is 1.92. The average molecular weight is 440 g/mol. The third kappa shape index (κ3) is 5.84. The number of carbonyl (C=O) groups is 2. The normalized spacial score (nSPS) is 22.3. The summed E-state index contributed by atoms with van der Waals surface area (Å²) in [6, 6.07) is 4.72. The van der Waals surface area contributed by atoms with Gasteiger partial charge in [-0.1, -0.05) is 43.2 Å². The summed E-state index contributed by atoms with van der Waals surface area (Å²) in [4.78, 5) is 24.4. The highest BCUT2D eigenvalue weighted by atomic mass is 32.2. The quantitative estimate of drug-likeness (QED) is 0.519. The zero-order chi connectivity index (χ0) is 21.7. The van der Waals surface area contributed by atoms with Gasteiger partial charge in [0.1, 0.15) is 5.25 Å². The zero-order valence-electron chi connectivity index (χ0n) is 16.5. The third-order valence-corrected chi connectivity index (χ3v) is 6.22. The van der Waals surface area contributed by atoms with Gasteiger partial charge in [0.05, 0.1) is 11.3 Å². The van der Waals surface area contributed by atoms with Crippen LogP contribution in [0.3, 0.4) is 0 Å². The van der Waals surface area contributed by atoms with Crippen LogP contribution in [0.1, 0.15) is 51.0 Å². The van der Waals surface area contributed by atoms with Crippen molar-refractivity contribution < 1.29 is 22.8 Å². The minimum atomic E-state index is -4.59. The number of thioether (sulfide) groups is 1. The highest BCUT2D eigenvalue weighted by molar-refractivity contribution is 8.15. The number of nitrogens with zero attached hydrogens (tertiary/aromatic N) is 2. The van der Waals surface area contributed by atoms with Crippen LogP contribution >= 0.6 is 11.8 Å². The van der Waals surface area contributed by atoms with Crippen LogP contribution in [0.25, 0.3) is 0 Å². The summed E-state index contributed by atoms with van der Waals surface area (Å²) in [5, 5.41) is 12.7. The molecule has 1 heterocycles. The number of benzene rings is 1. The zero-order valence-corrected chi connectivity index (χ0v) is 17.3. The Hall–Kier alpha value is -2.36. The lowest BCUT2D eigenvalue weighted by Crippen LogP contribution is -2.28. The van der Waals surface area contributed by atoms with Crippen LogP contribution in [0.4, 0.5) is 18.9 Å². The molecule has 1 atom stereocenters. The van der Waals surface area contributed by atoms with Crippen molar-refractivity contribution in [2.75, 3.05) is 5.32 Å². The molecule has 1 aromatic rings. The first-order valence-electron chi connectivity index (χ1n) is 9.80. The molecular formula is C20H23F3N4O2S. The highest BCUT2D eigenvalue weighted by Gasteiger charge is 2.35. The van der Waals surface area contributed by atoms with Gasteiger partial charge in [0.2, 0.25) is 11.8 Å². The van der Waals surface area contributed by atoms with Crippen molar-refractivity contribution in [1.82, 2.24) is 5.32 Å². The van der Waals surface area contributed by atoms with Crippen molar-refractivity contribution in [3.8, 4) is 0 Å². The van der Waals surface area contributed by atoms with Crippen LogP contribution in [0.5, 0.6) is 0 Å². The molecule has 2 N–H and O–H groups in total. The molecule has 0 spiro atoms. The lowest BCUT2D eigenvalue weighted by Gasteiger charge is -2.20. The van der Waals surface area contributed by atoms with Crippen molar-refractivity contribution in [3.63, 3.8) is 0 Å². The molecule has 0 aromatic heterocycles. The summed E-state index contributed by atoms with van der Waals surface area (Å²) in [6.07, 6.45) is 0.901. The minimum absolute atomic E-state index is 0.271. The molecule has 10 heteroatoms. The Bertz CT molecular complexity index is 864. The van der Waals surface area contributed by atoms with Crippen LogP contribution in [0.15, 0.2) is 34.5 Å². The Kier molecular flexibility index (Phi) is 7.17. The lowest BCUT2D eigenvalue weighted by molar-refractivity contribution is -0.137.